The first-order valence-electron chi connectivity index (χ1n) is 13.1. The van der Waals surface area contributed by atoms with Crippen molar-refractivity contribution in [3.05, 3.63) is 35.9 Å². The van der Waals surface area contributed by atoms with Crippen molar-refractivity contribution in [1.82, 2.24) is 15.5 Å². The van der Waals surface area contributed by atoms with Crippen molar-refractivity contribution < 1.29 is 19.4 Å². The van der Waals surface area contributed by atoms with Crippen LogP contribution in [0.2, 0.25) is 0 Å². The molecule has 198 valence electrons. The molecule has 2 amide bonds. The van der Waals surface area contributed by atoms with Crippen LogP contribution in [0, 0.1) is 11.8 Å². The summed E-state index contributed by atoms with van der Waals surface area (Å²) >= 11 is 0. The molecule has 1 heterocycles. The zero-order valence-electron chi connectivity index (χ0n) is 22.9. The maximum absolute atomic E-state index is 13.6. The molecule has 35 heavy (non-hydrogen) atoms. The number of nitrogens with one attached hydrogen (secondary N) is 2. The number of alkyl carbamates (subject to hydrolysis) is 1. The average Bonchev–Trinajstić information content (AvgIpc) is 3.09. The molecule has 1 aromatic rings. The fourth-order valence-corrected chi connectivity index (χ4v) is 4.66. The standard InChI is InChI=1S/C28H47N3O4/c1-18(2)13-12-14-20(5)31-25(19(3)4)30-23(26(31)33)24(32)22(17-21-15-10-9-11-16-21)29-27(34)35-28(6,7)8/h9-11,15-16,18-20,22-25,30,32H,12-14,17H2,1-8H3,(H,29,34)/t20-,22?,23?,24+,25?/m0/s1. The molecule has 7 heteroatoms. The number of carbonyl (C=O) groups is 2. The van der Waals surface area contributed by atoms with Gasteiger partial charge in [-0.25, -0.2) is 4.79 Å². The highest BCUT2D eigenvalue weighted by Gasteiger charge is 2.47. The van der Waals surface area contributed by atoms with Crippen LogP contribution in [-0.4, -0.2) is 58.0 Å². The van der Waals surface area contributed by atoms with Gasteiger partial charge in [0.2, 0.25) is 5.91 Å². The van der Waals surface area contributed by atoms with Crippen molar-refractivity contribution >= 4 is 12.0 Å². The van der Waals surface area contributed by atoms with Crippen LogP contribution in [0.5, 0.6) is 0 Å². The SMILES string of the molecule is CC(C)CCC[C@H](C)N1C(=O)C([C@H](O)C(Cc2ccccc2)NC(=O)OC(C)(C)C)NC1C(C)C. The topological polar surface area (TPSA) is 90.9 Å². The summed E-state index contributed by atoms with van der Waals surface area (Å²) in [7, 11) is 0. The van der Waals surface area contributed by atoms with Gasteiger partial charge in [-0.2, -0.15) is 0 Å². The summed E-state index contributed by atoms with van der Waals surface area (Å²) in [4.78, 5) is 28.2. The van der Waals surface area contributed by atoms with E-state index < -0.39 is 29.9 Å². The zero-order valence-corrected chi connectivity index (χ0v) is 22.9. The first kappa shape index (κ1) is 29.1. The van der Waals surface area contributed by atoms with Crippen LogP contribution in [0.3, 0.4) is 0 Å². The molecule has 3 unspecified atom stereocenters. The van der Waals surface area contributed by atoms with E-state index in [1.165, 1.54) is 0 Å². The Balaban J connectivity index is 2.23. The quantitative estimate of drug-likeness (QED) is 0.426. The lowest BCUT2D eigenvalue weighted by Gasteiger charge is -2.33. The molecule has 7 nitrogen and oxygen atoms in total. The fourth-order valence-electron chi connectivity index (χ4n) is 4.66. The highest BCUT2D eigenvalue weighted by molar-refractivity contribution is 5.85. The van der Waals surface area contributed by atoms with Gasteiger partial charge >= 0.3 is 6.09 Å². The molecule has 5 atom stereocenters. The molecule has 1 aliphatic rings. The Bertz CT molecular complexity index is 806. The van der Waals surface area contributed by atoms with E-state index in [9.17, 15) is 14.7 Å². The van der Waals surface area contributed by atoms with Gasteiger partial charge in [-0.1, -0.05) is 70.9 Å². The maximum Gasteiger partial charge on any atom is 0.407 e. The van der Waals surface area contributed by atoms with E-state index in [1.807, 2.05) is 35.2 Å². The Hall–Kier alpha value is -2.12. The monoisotopic (exact) mass is 489 g/mol. The molecule has 0 radical (unpaired) electrons. The van der Waals surface area contributed by atoms with Gasteiger partial charge in [-0.3, -0.25) is 10.1 Å². The van der Waals surface area contributed by atoms with Crippen molar-refractivity contribution in [3.63, 3.8) is 0 Å². The second-order valence-corrected chi connectivity index (χ2v) is 11.7. The van der Waals surface area contributed by atoms with Gasteiger partial charge in [-0.05, 0) is 57.9 Å². The number of aliphatic hydroxyl groups is 1. The minimum Gasteiger partial charge on any atom is -0.444 e. The predicted molar refractivity (Wildman–Crippen MR) is 140 cm³/mol. The summed E-state index contributed by atoms with van der Waals surface area (Å²) < 4.78 is 5.45. The summed E-state index contributed by atoms with van der Waals surface area (Å²) in [5.74, 6) is 0.690. The molecule has 0 saturated carbocycles. The third-order valence-corrected chi connectivity index (χ3v) is 6.43. The number of hydrogen-bond acceptors (Lipinski definition) is 5. The number of nitrogens with zero attached hydrogens (tertiary/aromatic N) is 1. The van der Waals surface area contributed by atoms with Crippen LogP contribution in [0.25, 0.3) is 0 Å². The van der Waals surface area contributed by atoms with Crippen LogP contribution in [-0.2, 0) is 16.0 Å². The largest absolute Gasteiger partial charge is 0.444 e. The first-order valence-corrected chi connectivity index (χ1v) is 13.1. The Morgan fingerprint density at radius 3 is 2.29 bits per heavy atom. The van der Waals surface area contributed by atoms with Gasteiger partial charge in [-0.15, -0.1) is 0 Å². The Labute approximate surface area is 212 Å². The molecule has 1 saturated heterocycles. The van der Waals surface area contributed by atoms with Crippen LogP contribution in [0.4, 0.5) is 4.79 Å². The van der Waals surface area contributed by atoms with E-state index in [1.54, 1.807) is 20.8 Å². The third kappa shape index (κ3) is 8.80. The summed E-state index contributed by atoms with van der Waals surface area (Å²) in [5.41, 5.74) is 0.288. The fraction of sp³-hybridized carbons (Fsp3) is 0.714. The van der Waals surface area contributed by atoms with E-state index >= 15 is 0 Å². The Kier molecular flexibility index (Phi) is 10.6. The summed E-state index contributed by atoms with van der Waals surface area (Å²) in [6.07, 6.45) is 1.57. The minimum atomic E-state index is -1.12. The highest BCUT2D eigenvalue weighted by Crippen LogP contribution is 2.26. The molecule has 0 aromatic heterocycles. The van der Waals surface area contributed by atoms with E-state index in [4.69, 9.17) is 4.74 Å². The van der Waals surface area contributed by atoms with Crippen LogP contribution < -0.4 is 10.6 Å². The Morgan fingerprint density at radius 1 is 1.11 bits per heavy atom. The number of benzene rings is 1. The van der Waals surface area contributed by atoms with E-state index in [0.29, 0.717) is 12.3 Å². The number of hydrogen-bond donors (Lipinski definition) is 3. The van der Waals surface area contributed by atoms with E-state index in [-0.39, 0.29) is 24.0 Å². The number of rotatable bonds is 11. The number of ether oxygens (including phenoxy) is 1. The van der Waals surface area contributed by atoms with Gasteiger partial charge in [0.1, 0.15) is 11.6 Å². The summed E-state index contributed by atoms with van der Waals surface area (Å²) in [6, 6.07) is 8.20. The molecule has 2 rings (SSSR count). The lowest BCUT2D eigenvalue weighted by molar-refractivity contribution is -0.134. The zero-order chi connectivity index (χ0) is 26.3. The lowest BCUT2D eigenvalue weighted by atomic mass is 9.96. The second-order valence-electron chi connectivity index (χ2n) is 11.7. The molecule has 1 aromatic carbocycles. The Morgan fingerprint density at radius 2 is 1.74 bits per heavy atom. The van der Waals surface area contributed by atoms with Gasteiger partial charge in [0.15, 0.2) is 0 Å². The second kappa shape index (κ2) is 12.7. The van der Waals surface area contributed by atoms with E-state index in [2.05, 4.69) is 45.3 Å². The molecule has 1 fully saturated rings. The van der Waals surface area contributed by atoms with Crippen molar-refractivity contribution in [2.24, 2.45) is 11.8 Å². The number of aliphatic hydroxyl groups excluding tert-OH is 1. The molecule has 1 aliphatic heterocycles. The van der Waals surface area contributed by atoms with Crippen molar-refractivity contribution in [2.45, 2.75) is 117 Å². The normalized spacial score (nSPS) is 21.3. The number of amides is 2. The van der Waals surface area contributed by atoms with Crippen LogP contribution in [0.15, 0.2) is 30.3 Å². The molecule has 0 aliphatic carbocycles. The van der Waals surface area contributed by atoms with Gasteiger partial charge in [0.05, 0.1) is 18.3 Å². The molecular weight excluding hydrogens is 442 g/mol. The summed E-state index contributed by atoms with van der Waals surface area (Å²) in [6.45, 7) is 16.0. The molecule has 0 spiro atoms. The number of carbonyl (C=O) groups excluding carboxylic acids is 2. The summed E-state index contributed by atoms with van der Waals surface area (Å²) in [5, 5.41) is 17.7. The minimum absolute atomic E-state index is 0.0599. The van der Waals surface area contributed by atoms with Gasteiger partial charge < -0.3 is 20.1 Å². The van der Waals surface area contributed by atoms with Crippen molar-refractivity contribution in [2.75, 3.05) is 0 Å². The molecular formula is C28H47N3O4. The molecule has 0 bridgehead atoms. The van der Waals surface area contributed by atoms with Gasteiger partial charge in [0, 0.05) is 6.04 Å². The third-order valence-electron chi connectivity index (χ3n) is 6.43. The van der Waals surface area contributed by atoms with Crippen molar-refractivity contribution in [3.8, 4) is 0 Å². The highest BCUT2D eigenvalue weighted by atomic mass is 16.6. The lowest BCUT2D eigenvalue weighted by Crippen LogP contribution is -2.55. The van der Waals surface area contributed by atoms with Gasteiger partial charge in [0.25, 0.3) is 0 Å². The maximum atomic E-state index is 13.6. The molecule has 3 N–H and O–H groups in total. The van der Waals surface area contributed by atoms with E-state index in [0.717, 1.165) is 24.8 Å². The van der Waals surface area contributed by atoms with Crippen molar-refractivity contribution in [1.29, 1.82) is 0 Å². The predicted octanol–water partition coefficient (Wildman–Crippen LogP) is 4.48. The smallest absolute Gasteiger partial charge is 0.407 e. The first-order chi connectivity index (χ1) is 16.3. The van der Waals surface area contributed by atoms with Crippen LogP contribution >= 0.6 is 0 Å². The average molecular weight is 490 g/mol. The van der Waals surface area contributed by atoms with Crippen LogP contribution in [0.1, 0.15) is 80.2 Å².